The monoisotopic (exact) mass is 324 g/mol. The Labute approximate surface area is 133 Å². The third kappa shape index (κ3) is 3.36. The topological polar surface area (TPSA) is 59.0 Å². The van der Waals surface area contributed by atoms with E-state index in [4.69, 9.17) is 4.74 Å². The SMILES string of the molecule is C[Si](C)(C)CCN(N=O)C(=O)OC12CC3CC(CC(C3)C1)C2. The van der Waals surface area contributed by atoms with Crippen LogP contribution in [0.5, 0.6) is 0 Å². The van der Waals surface area contributed by atoms with Crippen LogP contribution in [0, 0.1) is 22.7 Å². The van der Waals surface area contributed by atoms with Crippen molar-refractivity contribution >= 4 is 14.2 Å². The molecule has 0 N–H and O–H groups in total. The van der Waals surface area contributed by atoms with E-state index in [1.54, 1.807) is 0 Å². The van der Waals surface area contributed by atoms with Crippen LogP contribution in [0.25, 0.3) is 0 Å². The lowest BCUT2D eigenvalue weighted by Crippen LogP contribution is -2.53. The molecule has 0 aliphatic heterocycles. The van der Waals surface area contributed by atoms with E-state index in [0.717, 1.165) is 48.1 Å². The minimum absolute atomic E-state index is 0.298. The maximum atomic E-state index is 12.4. The van der Waals surface area contributed by atoms with Gasteiger partial charge in [0.2, 0.25) is 0 Å². The van der Waals surface area contributed by atoms with Crippen LogP contribution in [0.15, 0.2) is 5.29 Å². The summed E-state index contributed by atoms with van der Waals surface area (Å²) in [6, 6.07) is 0.870. The fourth-order valence-electron chi connectivity index (χ4n) is 5.00. The normalized spacial score (nSPS) is 36.2. The Balaban J connectivity index is 1.62. The molecule has 4 fully saturated rings. The van der Waals surface area contributed by atoms with Gasteiger partial charge in [0.15, 0.2) is 0 Å². The van der Waals surface area contributed by atoms with Gasteiger partial charge in [0.25, 0.3) is 0 Å². The molecule has 6 heteroatoms. The average Bonchev–Trinajstić information content (AvgIpc) is 2.35. The fourth-order valence-corrected chi connectivity index (χ4v) is 5.88. The molecule has 0 aromatic heterocycles. The molecular weight excluding hydrogens is 296 g/mol. The van der Waals surface area contributed by atoms with E-state index < -0.39 is 14.2 Å². The smallest absolute Gasteiger partial charge is 0.433 e. The second kappa shape index (κ2) is 5.62. The molecule has 5 nitrogen and oxygen atoms in total. The van der Waals surface area contributed by atoms with Crippen molar-refractivity contribution in [3.05, 3.63) is 4.91 Å². The molecule has 4 aliphatic rings. The molecule has 0 aromatic rings. The summed E-state index contributed by atoms with van der Waals surface area (Å²) in [4.78, 5) is 23.4. The van der Waals surface area contributed by atoms with Gasteiger partial charge in [-0.05, 0) is 62.3 Å². The first-order chi connectivity index (χ1) is 10.3. The Morgan fingerprint density at radius 2 is 1.64 bits per heavy atom. The van der Waals surface area contributed by atoms with Crippen molar-refractivity contribution in [1.29, 1.82) is 0 Å². The van der Waals surface area contributed by atoms with Gasteiger partial charge in [-0.15, -0.1) is 4.91 Å². The second-order valence-corrected chi connectivity index (χ2v) is 14.6. The molecule has 4 bridgehead atoms. The third-order valence-electron chi connectivity index (χ3n) is 5.67. The summed E-state index contributed by atoms with van der Waals surface area (Å²) in [5.74, 6) is 2.16. The summed E-state index contributed by atoms with van der Waals surface area (Å²) in [5.41, 5.74) is -0.298. The number of nitroso groups, excluding NO2 is 1. The molecule has 0 spiro atoms. The van der Waals surface area contributed by atoms with E-state index in [1.165, 1.54) is 19.3 Å². The van der Waals surface area contributed by atoms with Crippen molar-refractivity contribution < 1.29 is 9.53 Å². The van der Waals surface area contributed by atoms with E-state index in [-0.39, 0.29) is 5.60 Å². The van der Waals surface area contributed by atoms with Gasteiger partial charge in [0.1, 0.15) is 5.60 Å². The van der Waals surface area contributed by atoms with Gasteiger partial charge in [0.05, 0.1) is 5.29 Å². The zero-order chi connectivity index (χ0) is 16.0. The minimum atomic E-state index is -1.31. The lowest BCUT2D eigenvalue weighted by molar-refractivity contribution is -0.133. The first-order valence-electron chi connectivity index (χ1n) is 8.62. The summed E-state index contributed by atoms with van der Waals surface area (Å²) in [5, 5.41) is 3.93. The summed E-state index contributed by atoms with van der Waals surface area (Å²) in [6.45, 7) is 7.06. The Kier molecular flexibility index (Phi) is 4.08. The Bertz CT molecular complexity index is 426. The van der Waals surface area contributed by atoms with Crippen LogP contribution in [-0.4, -0.2) is 31.3 Å². The standard InChI is InChI=1S/C16H28N2O3Si/c1-22(2,3)5-4-18(17-20)15(19)21-16-9-12-6-13(10-16)8-14(7-12)11-16/h12-14H,4-11H2,1-3H3. The molecule has 4 aliphatic carbocycles. The van der Waals surface area contributed by atoms with Crippen LogP contribution in [0.1, 0.15) is 38.5 Å². The summed E-state index contributed by atoms with van der Waals surface area (Å²) in [7, 11) is -1.31. The predicted octanol–water partition coefficient (Wildman–Crippen LogP) is 4.41. The number of ether oxygens (including phenoxy) is 1. The van der Waals surface area contributed by atoms with Gasteiger partial charge < -0.3 is 4.74 Å². The van der Waals surface area contributed by atoms with E-state index in [1.807, 2.05) is 0 Å². The number of rotatable bonds is 5. The molecule has 4 saturated carbocycles. The molecule has 4 rings (SSSR count). The molecule has 0 heterocycles. The number of carbonyl (C=O) groups is 1. The number of amides is 1. The molecule has 0 saturated heterocycles. The van der Waals surface area contributed by atoms with E-state index in [9.17, 15) is 9.70 Å². The molecule has 0 aromatic carbocycles. The average molecular weight is 324 g/mol. The van der Waals surface area contributed by atoms with Crippen LogP contribution < -0.4 is 0 Å². The minimum Gasteiger partial charge on any atom is -0.441 e. The summed E-state index contributed by atoms with van der Waals surface area (Å²) in [6.07, 6.45) is 6.38. The molecular formula is C16H28N2O3Si. The summed E-state index contributed by atoms with van der Waals surface area (Å²) < 4.78 is 5.88. The van der Waals surface area contributed by atoms with Crippen molar-refractivity contribution in [2.75, 3.05) is 6.54 Å². The van der Waals surface area contributed by atoms with Gasteiger partial charge >= 0.3 is 6.09 Å². The second-order valence-electron chi connectivity index (χ2n) is 8.98. The van der Waals surface area contributed by atoms with Crippen molar-refractivity contribution in [2.45, 2.75) is 69.8 Å². The van der Waals surface area contributed by atoms with Crippen LogP contribution in [0.4, 0.5) is 4.79 Å². The Morgan fingerprint density at radius 3 is 2.05 bits per heavy atom. The molecule has 22 heavy (non-hydrogen) atoms. The van der Waals surface area contributed by atoms with Crippen molar-refractivity contribution in [3.63, 3.8) is 0 Å². The number of hydrogen-bond donors (Lipinski definition) is 0. The quantitative estimate of drug-likeness (QED) is 0.427. The Hall–Kier alpha value is -0.913. The maximum absolute atomic E-state index is 12.4. The Morgan fingerprint density at radius 1 is 1.14 bits per heavy atom. The molecule has 0 unspecified atom stereocenters. The first kappa shape index (κ1) is 16.0. The number of hydrogen-bond acceptors (Lipinski definition) is 4. The van der Waals surface area contributed by atoms with Crippen LogP contribution >= 0.6 is 0 Å². The van der Waals surface area contributed by atoms with Gasteiger partial charge in [-0.25, -0.2) is 4.79 Å². The molecule has 124 valence electrons. The zero-order valence-corrected chi connectivity index (χ0v) is 15.0. The van der Waals surface area contributed by atoms with E-state index in [0.29, 0.717) is 6.54 Å². The van der Waals surface area contributed by atoms with Crippen molar-refractivity contribution in [1.82, 2.24) is 5.01 Å². The number of nitrogens with zero attached hydrogens (tertiary/aromatic N) is 2. The molecule has 1 amide bonds. The highest BCUT2D eigenvalue weighted by molar-refractivity contribution is 6.76. The van der Waals surface area contributed by atoms with Crippen LogP contribution in [0.3, 0.4) is 0 Å². The third-order valence-corrected chi connectivity index (χ3v) is 7.39. The highest BCUT2D eigenvalue weighted by Crippen LogP contribution is 2.57. The lowest BCUT2D eigenvalue weighted by Gasteiger charge is -2.55. The lowest BCUT2D eigenvalue weighted by atomic mass is 9.54. The zero-order valence-electron chi connectivity index (χ0n) is 14.0. The van der Waals surface area contributed by atoms with Crippen molar-refractivity contribution in [2.24, 2.45) is 23.0 Å². The fraction of sp³-hybridized carbons (Fsp3) is 0.938. The van der Waals surface area contributed by atoms with Gasteiger partial charge in [-0.2, -0.15) is 5.01 Å². The largest absolute Gasteiger partial charge is 0.441 e. The van der Waals surface area contributed by atoms with E-state index >= 15 is 0 Å². The van der Waals surface area contributed by atoms with Crippen molar-refractivity contribution in [3.8, 4) is 0 Å². The first-order valence-corrected chi connectivity index (χ1v) is 12.3. The maximum Gasteiger partial charge on any atom is 0.433 e. The highest BCUT2D eigenvalue weighted by atomic mass is 28.3. The van der Waals surface area contributed by atoms with Gasteiger partial charge in [0, 0.05) is 14.6 Å². The number of carbonyl (C=O) groups excluding carboxylic acids is 1. The summed E-state index contributed by atoms with van der Waals surface area (Å²) >= 11 is 0. The highest BCUT2D eigenvalue weighted by Gasteiger charge is 2.53. The van der Waals surface area contributed by atoms with E-state index in [2.05, 4.69) is 24.9 Å². The predicted molar refractivity (Wildman–Crippen MR) is 88.0 cm³/mol. The van der Waals surface area contributed by atoms with Gasteiger partial charge in [-0.1, -0.05) is 19.6 Å². The molecule has 0 atom stereocenters. The van der Waals surface area contributed by atoms with Crippen LogP contribution in [-0.2, 0) is 4.74 Å². The van der Waals surface area contributed by atoms with Crippen LogP contribution in [0.2, 0.25) is 25.7 Å². The van der Waals surface area contributed by atoms with Gasteiger partial charge in [-0.3, -0.25) is 0 Å². The molecule has 0 radical (unpaired) electrons.